The number of carbonyl (C=O) groups excluding carboxylic acids is 2. The summed E-state index contributed by atoms with van der Waals surface area (Å²) in [5.74, 6) is 1.32. The van der Waals surface area contributed by atoms with Gasteiger partial charge in [0.25, 0.3) is 0 Å². The average molecular weight is 438 g/mol. The molecule has 0 radical (unpaired) electrons. The zero-order valence-electron chi connectivity index (χ0n) is 19.0. The van der Waals surface area contributed by atoms with E-state index in [9.17, 15) is 9.59 Å². The Bertz CT molecular complexity index is 975. The Labute approximate surface area is 189 Å². The molecule has 0 bridgehead atoms. The first kappa shape index (κ1) is 22.1. The molecule has 1 heterocycles. The smallest absolute Gasteiger partial charge is 0.237 e. The lowest BCUT2D eigenvalue weighted by atomic mass is 9.87. The maximum atomic E-state index is 13.4. The number of amides is 2. The molecule has 2 amide bonds. The van der Waals surface area contributed by atoms with Crippen molar-refractivity contribution in [3.05, 3.63) is 59.2 Å². The van der Waals surface area contributed by atoms with Crippen LogP contribution in [0.2, 0.25) is 0 Å². The molecular formula is C25H31N3O4. The van der Waals surface area contributed by atoms with Gasteiger partial charge in [0.2, 0.25) is 11.8 Å². The number of likely N-dealkylation sites (N-methyl/N-ethyl adjacent to an activating group) is 1. The van der Waals surface area contributed by atoms with E-state index >= 15 is 0 Å². The van der Waals surface area contributed by atoms with E-state index in [1.54, 1.807) is 19.1 Å². The highest BCUT2D eigenvalue weighted by Gasteiger charge is 2.34. The second kappa shape index (κ2) is 9.61. The summed E-state index contributed by atoms with van der Waals surface area (Å²) in [7, 11) is 5.07. The molecule has 32 heavy (non-hydrogen) atoms. The van der Waals surface area contributed by atoms with Gasteiger partial charge < -0.3 is 19.7 Å². The van der Waals surface area contributed by atoms with E-state index in [-0.39, 0.29) is 30.9 Å². The van der Waals surface area contributed by atoms with Gasteiger partial charge in [-0.1, -0.05) is 30.3 Å². The van der Waals surface area contributed by atoms with Gasteiger partial charge in [-0.05, 0) is 55.1 Å². The van der Waals surface area contributed by atoms with Crippen molar-refractivity contribution >= 4 is 11.8 Å². The SMILES string of the molecule is COc1cc2c(cc1OC)C(c1ccccc1)N(C(=O)CN(C)CC(=O)NC1CC1)CC2. The van der Waals surface area contributed by atoms with Gasteiger partial charge in [0.15, 0.2) is 11.5 Å². The highest BCUT2D eigenvalue weighted by Crippen LogP contribution is 2.41. The number of hydrogen-bond donors (Lipinski definition) is 1. The zero-order chi connectivity index (χ0) is 22.7. The van der Waals surface area contributed by atoms with Gasteiger partial charge in [0, 0.05) is 12.6 Å². The van der Waals surface area contributed by atoms with Crippen LogP contribution in [0.25, 0.3) is 0 Å². The van der Waals surface area contributed by atoms with E-state index in [1.165, 1.54) is 0 Å². The fourth-order valence-corrected chi connectivity index (χ4v) is 4.33. The number of hydrogen-bond acceptors (Lipinski definition) is 5. The Morgan fingerprint density at radius 2 is 1.75 bits per heavy atom. The first-order chi connectivity index (χ1) is 15.5. The Morgan fingerprint density at radius 1 is 1.06 bits per heavy atom. The summed E-state index contributed by atoms with van der Waals surface area (Å²) in [4.78, 5) is 29.2. The predicted octanol–water partition coefficient (Wildman–Crippen LogP) is 2.39. The molecule has 2 aliphatic rings. The highest BCUT2D eigenvalue weighted by molar-refractivity contribution is 5.82. The number of rotatable bonds is 8. The summed E-state index contributed by atoms with van der Waals surface area (Å²) in [5.41, 5.74) is 3.24. The van der Waals surface area contributed by atoms with Crippen molar-refractivity contribution in [3.8, 4) is 11.5 Å². The molecule has 1 aliphatic carbocycles. The fourth-order valence-electron chi connectivity index (χ4n) is 4.33. The molecular weight excluding hydrogens is 406 g/mol. The molecule has 1 aliphatic heterocycles. The van der Waals surface area contributed by atoms with E-state index in [2.05, 4.69) is 5.32 Å². The van der Waals surface area contributed by atoms with Gasteiger partial charge >= 0.3 is 0 Å². The van der Waals surface area contributed by atoms with Gasteiger partial charge in [-0.3, -0.25) is 14.5 Å². The third kappa shape index (κ3) is 4.88. The van der Waals surface area contributed by atoms with Crippen molar-refractivity contribution in [2.75, 3.05) is 40.9 Å². The Hall–Kier alpha value is -3.06. The van der Waals surface area contributed by atoms with E-state index in [1.807, 2.05) is 54.4 Å². The maximum absolute atomic E-state index is 13.4. The molecule has 1 saturated carbocycles. The number of methoxy groups -OCH3 is 2. The number of benzene rings is 2. The second-order valence-electron chi connectivity index (χ2n) is 8.57. The van der Waals surface area contributed by atoms with Gasteiger partial charge in [0.1, 0.15) is 0 Å². The molecule has 7 nitrogen and oxygen atoms in total. The molecule has 2 aromatic carbocycles. The topological polar surface area (TPSA) is 71.1 Å². The molecule has 2 aromatic rings. The van der Waals surface area contributed by atoms with Gasteiger partial charge in [-0.2, -0.15) is 0 Å². The van der Waals surface area contributed by atoms with Crippen LogP contribution in [0.4, 0.5) is 0 Å². The van der Waals surface area contributed by atoms with Crippen molar-refractivity contribution in [1.29, 1.82) is 0 Å². The zero-order valence-corrected chi connectivity index (χ0v) is 19.0. The minimum atomic E-state index is -0.221. The lowest BCUT2D eigenvalue weighted by molar-refractivity contribution is -0.134. The fraction of sp³-hybridized carbons (Fsp3) is 0.440. The number of carbonyl (C=O) groups is 2. The Morgan fingerprint density at radius 3 is 2.41 bits per heavy atom. The standard InChI is InChI=1S/C25H31N3O4/c1-27(15-23(29)26-19-9-10-19)16-24(30)28-12-11-18-13-21(31-2)22(32-3)14-20(18)25(28)17-7-5-4-6-8-17/h4-8,13-14,19,25H,9-12,15-16H2,1-3H3,(H,26,29). The maximum Gasteiger partial charge on any atom is 0.237 e. The minimum absolute atomic E-state index is 0.000935. The van der Waals surface area contributed by atoms with Crippen LogP contribution >= 0.6 is 0 Å². The summed E-state index contributed by atoms with van der Waals surface area (Å²) in [6.45, 7) is 1.00. The van der Waals surface area contributed by atoms with Crippen LogP contribution in [0.15, 0.2) is 42.5 Å². The van der Waals surface area contributed by atoms with Crippen molar-refractivity contribution < 1.29 is 19.1 Å². The lowest BCUT2D eigenvalue weighted by Crippen LogP contribution is -2.46. The van der Waals surface area contributed by atoms with Crippen LogP contribution in [-0.2, 0) is 16.0 Å². The van der Waals surface area contributed by atoms with Crippen molar-refractivity contribution in [2.24, 2.45) is 0 Å². The average Bonchev–Trinajstić information content (AvgIpc) is 3.61. The van der Waals surface area contributed by atoms with Crippen LogP contribution in [-0.4, -0.2) is 68.6 Å². The molecule has 1 atom stereocenters. The van der Waals surface area contributed by atoms with Crippen LogP contribution < -0.4 is 14.8 Å². The molecule has 1 unspecified atom stereocenters. The van der Waals surface area contributed by atoms with Gasteiger partial charge in [-0.15, -0.1) is 0 Å². The molecule has 170 valence electrons. The molecule has 0 aromatic heterocycles. The number of fused-ring (bicyclic) bond motifs is 1. The van der Waals surface area contributed by atoms with Crippen LogP contribution in [0.1, 0.15) is 35.6 Å². The largest absolute Gasteiger partial charge is 0.493 e. The summed E-state index contributed by atoms with van der Waals surface area (Å²) < 4.78 is 11.0. The van der Waals surface area contributed by atoms with Gasteiger partial charge in [0.05, 0.1) is 33.4 Å². The molecule has 0 spiro atoms. The Balaban J connectivity index is 1.58. The number of nitrogens with one attached hydrogen (secondary N) is 1. The first-order valence-corrected chi connectivity index (χ1v) is 11.1. The predicted molar refractivity (Wildman–Crippen MR) is 122 cm³/mol. The van der Waals surface area contributed by atoms with Crippen molar-refractivity contribution in [3.63, 3.8) is 0 Å². The van der Waals surface area contributed by atoms with Crippen molar-refractivity contribution in [2.45, 2.75) is 31.3 Å². The van der Waals surface area contributed by atoms with Gasteiger partial charge in [-0.25, -0.2) is 0 Å². The minimum Gasteiger partial charge on any atom is -0.493 e. The summed E-state index contributed by atoms with van der Waals surface area (Å²) >= 11 is 0. The normalized spacial score (nSPS) is 17.6. The van der Waals surface area contributed by atoms with Crippen LogP contribution in [0, 0.1) is 0 Å². The number of ether oxygens (including phenoxy) is 2. The molecule has 1 N–H and O–H groups in total. The quantitative estimate of drug-likeness (QED) is 0.687. The van der Waals surface area contributed by atoms with E-state index in [0.29, 0.717) is 24.1 Å². The lowest BCUT2D eigenvalue weighted by Gasteiger charge is -2.39. The molecule has 7 heteroatoms. The summed E-state index contributed by atoms with van der Waals surface area (Å²) in [5, 5.41) is 2.98. The van der Waals surface area contributed by atoms with E-state index in [4.69, 9.17) is 9.47 Å². The highest BCUT2D eigenvalue weighted by atomic mass is 16.5. The van der Waals surface area contributed by atoms with Crippen LogP contribution in [0.5, 0.6) is 11.5 Å². The molecule has 0 saturated heterocycles. The van der Waals surface area contributed by atoms with Crippen molar-refractivity contribution in [1.82, 2.24) is 15.1 Å². The summed E-state index contributed by atoms with van der Waals surface area (Å²) in [6, 6.07) is 14.1. The second-order valence-corrected chi connectivity index (χ2v) is 8.57. The molecule has 4 rings (SSSR count). The third-order valence-electron chi connectivity index (χ3n) is 6.07. The third-order valence-corrected chi connectivity index (χ3v) is 6.07. The Kier molecular flexibility index (Phi) is 6.65. The van der Waals surface area contributed by atoms with E-state index < -0.39 is 0 Å². The first-order valence-electron chi connectivity index (χ1n) is 11.1. The summed E-state index contributed by atoms with van der Waals surface area (Å²) in [6.07, 6.45) is 2.83. The number of nitrogens with zero attached hydrogens (tertiary/aromatic N) is 2. The monoisotopic (exact) mass is 437 g/mol. The van der Waals surface area contributed by atoms with Crippen LogP contribution in [0.3, 0.4) is 0 Å². The molecule has 1 fully saturated rings. The van der Waals surface area contributed by atoms with E-state index in [0.717, 1.165) is 36.0 Å².